The summed E-state index contributed by atoms with van der Waals surface area (Å²) in [5, 5.41) is 14.3. The van der Waals surface area contributed by atoms with E-state index in [1.165, 1.54) is 22.7 Å². The number of aliphatic carboxylic acids is 1. The number of quaternary nitrogens is 1. The van der Waals surface area contributed by atoms with Gasteiger partial charge in [0.05, 0.1) is 36.0 Å². The standard InChI is InChI=1S/C26H29NO4S2/c28-25(29)26(23-9-4-17-32-23,24-10-5-18-33-24)31-22-19-27(14-11-20(22)12-15-27)13-6-16-30-21-7-2-1-3-8-21/h1-5,7-10,17-18,20,22H,6,11-16,19H2/p+1/t20?,22-,27?/m0/s1. The van der Waals surface area contributed by atoms with Gasteiger partial charge in [-0.05, 0) is 35.0 Å². The van der Waals surface area contributed by atoms with Gasteiger partial charge >= 0.3 is 5.97 Å². The Morgan fingerprint density at radius 3 is 2.24 bits per heavy atom. The smallest absolute Gasteiger partial charge is 0.347 e. The number of ether oxygens (including phenoxy) is 2. The molecule has 0 amide bonds. The highest BCUT2D eigenvalue weighted by Crippen LogP contribution is 2.45. The minimum absolute atomic E-state index is 0.0668. The molecule has 1 atom stereocenters. The van der Waals surface area contributed by atoms with Gasteiger partial charge in [0.15, 0.2) is 0 Å². The molecular formula is C26H30NO4S2+. The number of hydrogen-bond acceptors (Lipinski definition) is 5. The van der Waals surface area contributed by atoms with Crippen LogP contribution in [0, 0.1) is 5.92 Å². The molecule has 1 aromatic carbocycles. The van der Waals surface area contributed by atoms with Gasteiger partial charge in [0.1, 0.15) is 18.4 Å². The van der Waals surface area contributed by atoms with E-state index in [1.807, 2.05) is 65.4 Å². The highest BCUT2D eigenvalue weighted by molar-refractivity contribution is 7.12. The molecule has 7 heteroatoms. The molecule has 1 N–H and O–H groups in total. The second-order valence-corrected chi connectivity index (χ2v) is 11.0. The Labute approximate surface area is 202 Å². The summed E-state index contributed by atoms with van der Waals surface area (Å²) in [6, 6.07) is 17.6. The number of rotatable bonds is 10. The van der Waals surface area contributed by atoms with E-state index in [4.69, 9.17) is 9.47 Å². The molecule has 3 aromatic rings. The highest BCUT2D eigenvalue weighted by Gasteiger charge is 2.53. The fourth-order valence-electron chi connectivity index (χ4n) is 5.46. The first-order valence-electron chi connectivity index (χ1n) is 11.6. The lowest BCUT2D eigenvalue weighted by atomic mass is 9.82. The van der Waals surface area contributed by atoms with E-state index in [-0.39, 0.29) is 6.10 Å². The van der Waals surface area contributed by atoms with Crippen LogP contribution in [0.3, 0.4) is 0 Å². The van der Waals surface area contributed by atoms with Gasteiger partial charge in [-0.3, -0.25) is 0 Å². The molecular weight excluding hydrogens is 454 g/mol. The number of thiophene rings is 2. The first kappa shape index (κ1) is 22.6. The van der Waals surface area contributed by atoms with Crippen LogP contribution in [-0.4, -0.2) is 54.4 Å². The fraction of sp³-hybridized carbons (Fsp3) is 0.423. The van der Waals surface area contributed by atoms with E-state index < -0.39 is 11.6 Å². The first-order chi connectivity index (χ1) is 16.1. The SMILES string of the molecule is O=C(O)C(O[C@H]1C[N+]2(CCCOc3ccccc3)CCC1CC2)(c1cccs1)c1cccs1. The number of piperidine rings is 3. The molecule has 3 fully saturated rings. The monoisotopic (exact) mass is 484 g/mol. The molecule has 2 aromatic heterocycles. The minimum Gasteiger partial charge on any atom is -0.493 e. The summed E-state index contributed by atoms with van der Waals surface area (Å²) in [5.41, 5.74) is -1.42. The van der Waals surface area contributed by atoms with Crippen molar-refractivity contribution in [2.24, 2.45) is 5.92 Å². The maximum absolute atomic E-state index is 12.8. The third-order valence-electron chi connectivity index (χ3n) is 7.20. The van der Waals surface area contributed by atoms with E-state index >= 15 is 0 Å². The lowest BCUT2D eigenvalue weighted by Gasteiger charge is -2.53. The Morgan fingerprint density at radius 1 is 1.00 bits per heavy atom. The van der Waals surface area contributed by atoms with Crippen LogP contribution in [-0.2, 0) is 15.1 Å². The van der Waals surface area contributed by atoms with Gasteiger partial charge in [-0.25, -0.2) is 4.79 Å². The van der Waals surface area contributed by atoms with E-state index in [0.717, 1.165) is 65.4 Å². The number of carbonyl (C=O) groups is 1. The average molecular weight is 485 g/mol. The maximum atomic E-state index is 12.8. The number of fused-ring (bicyclic) bond motifs is 3. The summed E-state index contributed by atoms with van der Waals surface area (Å²) in [6.07, 6.45) is 3.10. The molecule has 33 heavy (non-hydrogen) atoms. The number of carboxylic acids is 1. The van der Waals surface area contributed by atoms with Crippen LogP contribution in [0.25, 0.3) is 0 Å². The summed E-state index contributed by atoms with van der Waals surface area (Å²) in [7, 11) is 0. The van der Waals surface area contributed by atoms with Crippen LogP contribution in [0.1, 0.15) is 29.0 Å². The van der Waals surface area contributed by atoms with Crippen molar-refractivity contribution in [3.63, 3.8) is 0 Å². The van der Waals surface area contributed by atoms with Gasteiger partial charge in [0, 0.05) is 25.2 Å². The van der Waals surface area contributed by atoms with Crippen molar-refractivity contribution in [3.8, 4) is 5.75 Å². The zero-order valence-electron chi connectivity index (χ0n) is 18.6. The number of nitrogens with zero attached hydrogens (tertiary/aromatic N) is 1. The van der Waals surface area contributed by atoms with Crippen LogP contribution in [0.2, 0.25) is 0 Å². The largest absolute Gasteiger partial charge is 0.493 e. The lowest BCUT2D eigenvalue weighted by Crippen LogP contribution is -2.65. The molecule has 5 heterocycles. The number of carboxylic acid groups (broad SMARTS) is 1. The molecule has 0 unspecified atom stereocenters. The van der Waals surface area contributed by atoms with Gasteiger partial charge in [-0.15, -0.1) is 22.7 Å². The van der Waals surface area contributed by atoms with Gasteiger partial charge in [0.25, 0.3) is 0 Å². The molecule has 3 aliphatic heterocycles. The molecule has 0 radical (unpaired) electrons. The Balaban J connectivity index is 1.31. The predicted molar refractivity (Wildman–Crippen MR) is 131 cm³/mol. The Bertz CT molecular complexity index is 993. The van der Waals surface area contributed by atoms with Crippen molar-refractivity contribution in [2.75, 3.05) is 32.8 Å². The number of benzene rings is 1. The van der Waals surface area contributed by atoms with Crippen LogP contribution >= 0.6 is 22.7 Å². The van der Waals surface area contributed by atoms with Crippen molar-refractivity contribution in [2.45, 2.75) is 31.0 Å². The van der Waals surface area contributed by atoms with Gasteiger partial charge < -0.3 is 19.1 Å². The zero-order chi connectivity index (χ0) is 22.7. The molecule has 2 bridgehead atoms. The lowest BCUT2D eigenvalue weighted by molar-refractivity contribution is -0.946. The minimum atomic E-state index is -1.42. The Kier molecular flexibility index (Phi) is 6.56. The normalized spacial score (nSPS) is 24.6. The zero-order valence-corrected chi connectivity index (χ0v) is 20.2. The second kappa shape index (κ2) is 9.58. The van der Waals surface area contributed by atoms with Crippen LogP contribution in [0.4, 0.5) is 0 Å². The molecule has 174 valence electrons. The number of para-hydroxylation sites is 1. The van der Waals surface area contributed by atoms with Crippen molar-refractivity contribution >= 4 is 28.6 Å². The Hall–Kier alpha value is -2.19. The van der Waals surface area contributed by atoms with Gasteiger partial charge in [0.2, 0.25) is 5.60 Å². The third kappa shape index (κ3) is 4.47. The molecule has 0 saturated carbocycles. The molecule has 0 spiro atoms. The van der Waals surface area contributed by atoms with Gasteiger partial charge in [-0.2, -0.15) is 0 Å². The summed E-state index contributed by atoms with van der Waals surface area (Å²) in [4.78, 5) is 14.3. The van der Waals surface area contributed by atoms with Crippen LogP contribution in [0.15, 0.2) is 65.4 Å². The molecule has 5 nitrogen and oxygen atoms in total. The molecule has 3 saturated heterocycles. The van der Waals surface area contributed by atoms with E-state index in [2.05, 4.69) is 0 Å². The van der Waals surface area contributed by atoms with Crippen molar-refractivity contribution in [1.29, 1.82) is 0 Å². The molecule has 0 aliphatic carbocycles. The van der Waals surface area contributed by atoms with Crippen LogP contribution in [0.5, 0.6) is 5.75 Å². The number of hydrogen-bond donors (Lipinski definition) is 1. The first-order valence-corrected chi connectivity index (χ1v) is 13.4. The fourth-order valence-corrected chi connectivity index (χ4v) is 7.27. The van der Waals surface area contributed by atoms with Crippen molar-refractivity contribution < 1.29 is 23.9 Å². The van der Waals surface area contributed by atoms with Crippen molar-refractivity contribution in [1.82, 2.24) is 0 Å². The van der Waals surface area contributed by atoms with E-state index in [1.54, 1.807) is 0 Å². The average Bonchev–Trinajstić information content (AvgIpc) is 3.57. The quantitative estimate of drug-likeness (QED) is 0.316. The van der Waals surface area contributed by atoms with Crippen molar-refractivity contribution in [3.05, 3.63) is 75.1 Å². The third-order valence-corrected chi connectivity index (χ3v) is 9.14. The summed E-state index contributed by atoms with van der Waals surface area (Å²) < 4.78 is 13.7. The van der Waals surface area contributed by atoms with Crippen LogP contribution < -0.4 is 4.74 Å². The summed E-state index contributed by atoms with van der Waals surface area (Å²) in [5.74, 6) is 0.407. The maximum Gasteiger partial charge on any atom is 0.347 e. The van der Waals surface area contributed by atoms with E-state index in [9.17, 15) is 9.90 Å². The predicted octanol–water partition coefficient (Wildman–Crippen LogP) is 5.23. The topological polar surface area (TPSA) is 55.8 Å². The summed E-state index contributed by atoms with van der Waals surface area (Å²) in [6.45, 7) is 4.91. The highest BCUT2D eigenvalue weighted by atomic mass is 32.1. The van der Waals surface area contributed by atoms with Gasteiger partial charge in [-0.1, -0.05) is 30.3 Å². The summed E-state index contributed by atoms with van der Waals surface area (Å²) >= 11 is 2.92. The molecule has 6 rings (SSSR count). The Morgan fingerprint density at radius 2 is 1.67 bits per heavy atom. The van der Waals surface area contributed by atoms with E-state index in [0.29, 0.717) is 12.5 Å². The second-order valence-electron chi connectivity index (χ2n) is 9.14. The molecule has 3 aliphatic rings.